The lowest BCUT2D eigenvalue weighted by molar-refractivity contribution is 0.0958. The molecule has 0 aliphatic carbocycles. The Hall–Kier alpha value is -1.38. The van der Waals surface area contributed by atoms with Gasteiger partial charge >= 0.3 is 0 Å². The molecule has 0 saturated carbocycles. The monoisotopic (exact) mass is 182 g/mol. The van der Waals surface area contributed by atoms with Crippen molar-refractivity contribution in [3.8, 4) is 5.75 Å². The lowest BCUT2D eigenvalue weighted by Gasteiger charge is -2.05. The number of aromatic hydroxyl groups is 1. The van der Waals surface area contributed by atoms with Crippen LogP contribution >= 0.6 is 0 Å². The van der Waals surface area contributed by atoms with Crippen LogP contribution < -0.4 is 0 Å². The molecule has 0 amide bonds. The summed E-state index contributed by atoms with van der Waals surface area (Å²) in [5.74, 6) is -0.387. The molecule has 70 valence electrons. The van der Waals surface area contributed by atoms with E-state index in [1.807, 2.05) is 0 Å². The molecule has 0 saturated heterocycles. The molecule has 2 nitrogen and oxygen atoms in total. The number of benzene rings is 1. The van der Waals surface area contributed by atoms with E-state index in [1.54, 1.807) is 13.8 Å². The van der Waals surface area contributed by atoms with Gasteiger partial charge in [0.15, 0.2) is 12.5 Å². The molecular formula is C10H11FO2. The van der Waals surface area contributed by atoms with Gasteiger partial charge in [0.1, 0.15) is 5.75 Å². The number of hydrogen-bond acceptors (Lipinski definition) is 2. The van der Waals surface area contributed by atoms with Crippen LogP contribution in [0.3, 0.4) is 0 Å². The molecule has 0 unspecified atom stereocenters. The van der Waals surface area contributed by atoms with Gasteiger partial charge in [0.25, 0.3) is 0 Å². The van der Waals surface area contributed by atoms with Crippen LogP contribution in [0.25, 0.3) is 0 Å². The van der Waals surface area contributed by atoms with Gasteiger partial charge in [-0.2, -0.15) is 0 Å². The van der Waals surface area contributed by atoms with Gasteiger partial charge in [-0.05, 0) is 37.1 Å². The van der Waals surface area contributed by atoms with Gasteiger partial charge in [-0.25, -0.2) is 4.39 Å². The van der Waals surface area contributed by atoms with Gasteiger partial charge < -0.3 is 5.11 Å². The number of halogens is 1. The highest BCUT2D eigenvalue weighted by Crippen LogP contribution is 2.22. The molecule has 0 bridgehead atoms. The summed E-state index contributed by atoms with van der Waals surface area (Å²) < 4.78 is 12.0. The second-order valence-electron chi connectivity index (χ2n) is 3.02. The highest BCUT2D eigenvalue weighted by molar-refractivity contribution is 5.97. The first kappa shape index (κ1) is 9.71. The number of alkyl halides is 1. The average Bonchev–Trinajstić information content (AvgIpc) is 2.12. The van der Waals surface area contributed by atoms with Crippen molar-refractivity contribution in [3.63, 3.8) is 0 Å². The highest BCUT2D eigenvalue weighted by atomic mass is 19.1. The minimum Gasteiger partial charge on any atom is -0.507 e. The summed E-state index contributed by atoms with van der Waals surface area (Å²) >= 11 is 0. The van der Waals surface area contributed by atoms with E-state index in [2.05, 4.69) is 0 Å². The van der Waals surface area contributed by atoms with Crippen molar-refractivity contribution in [2.24, 2.45) is 0 Å². The van der Waals surface area contributed by atoms with Crippen LogP contribution in [0.15, 0.2) is 12.1 Å². The third-order valence-corrected chi connectivity index (χ3v) is 1.93. The van der Waals surface area contributed by atoms with Crippen molar-refractivity contribution in [1.29, 1.82) is 0 Å². The molecule has 1 N–H and O–H groups in total. The maximum absolute atomic E-state index is 12.0. The number of rotatable bonds is 2. The Morgan fingerprint density at radius 1 is 1.38 bits per heavy atom. The zero-order chi connectivity index (χ0) is 10.0. The number of ketones is 1. The van der Waals surface area contributed by atoms with E-state index < -0.39 is 12.5 Å². The van der Waals surface area contributed by atoms with Crippen LogP contribution in [-0.2, 0) is 0 Å². The van der Waals surface area contributed by atoms with Crippen molar-refractivity contribution < 1.29 is 14.3 Å². The zero-order valence-electron chi connectivity index (χ0n) is 7.60. The maximum Gasteiger partial charge on any atom is 0.193 e. The Morgan fingerprint density at radius 2 is 1.85 bits per heavy atom. The number of hydrogen-bond donors (Lipinski definition) is 1. The van der Waals surface area contributed by atoms with Crippen LogP contribution in [-0.4, -0.2) is 17.6 Å². The summed E-state index contributed by atoms with van der Waals surface area (Å²) in [6.45, 7) is 2.36. The molecule has 1 aromatic carbocycles. The van der Waals surface area contributed by atoms with Crippen LogP contribution in [0.4, 0.5) is 4.39 Å². The molecule has 0 aliphatic rings. The van der Waals surface area contributed by atoms with Crippen LogP contribution in [0.2, 0.25) is 0 Å². The summed E-state index contributed by atoms with van der Waals surface area (Å²) in [6.07, 6.45) is 0. The molecule has 0 heterocycles. The predicted octanol–water partition coefficient (Wildman–Crippen LogP) is 2.16. The second kappa shape index (κ2) is 3.56. The lowest BCUT2D eigenvalue weighted by Crippen LogP contribution is -2.01. The Balaban J connectivity index is 3.20. The Kier molecular flexibility index (Phi) is 2.66. The molecular weight excluding hydrogens is 171 g/mol. The molecule has 3 heteroatoms. The van der Waals surface area contributed by atoms with Gasteiger partial charge in [0.05, 0.1) is 0 Å². The molecule has 0 fully saturated rings. The van der Waals surface area contributed by atoms with Gasteiger partial charge in [-0.3, -0.25) is 4.79 Å². The van der Waals surface area contributed by atoms with Crippen LogP contribution in [0.1, 0.15) is 21.5 Å². The van der Waals surface area contributed by atoms with E-state index in [0.717, 1.165) is 0 Å². The Labute approximate surface area is 76.0 Å². The zero-order valence-corrected chi connectivity index (χ0v) is 7.60. The van der Waals surface area contributed by atoms with E-state index in [-0.39, 0.29) is 5.75 Å². The fourth-order valence-corrected chi connectivity index (χ4v) is 1.19. The molecule has 1 aromatic rings. The highest BCUT2D eigenvalue weighted by Gasteiger charge is 2.09. The minimum absolute atomic E-state index is 0.162. The minimum atomic E-state index is -0.996. The van der Waals surface area contributed by atoms with Crippen LogP contribution in [0, 0.1) is 13.8 Å². The first-order valence-electron chi connectivity index (χ1n) is 3.95. The lowest BCUT2D eigenvalue weighted by atomic mass is 10.0. The Morgan fingerprint density at radius 3 is 2.23 bits per heavy atom. The smallest absolute Gasteiger partial charge is 0.193 e. The average molecular weight is 182 g/mol. The first-order chi connectivity index (χ1) is 6.06. The summed E-state index contributed by atoms with van der Waals surface area (Å²) in [5.41, 5.74) is 1.50. The van der Waals surface area contributed by atoms with Crippen LogP contribution in [0.5, 0.6) is 5.75 Å². The fraction of sp³-hybridized carbons (Fsp3) is 0.300. The molecule has 0 aromatic heterocycles. The molecule has 1 rings (SSSR count). The second-order valence-corrected chi connectivity index (χ2v) is 3.02. The van der Waals surface area contributed by atoms with Crippen molar-refractivity contribution in [2.75, 3.05) is 6.67 Å². The maximum atomic E-state index is 12.0. The molecule has 13 heavy (non-hydrogen) atoms. The number of Topliss-reactive ketones (excluding diaryl/α,β-unsaturated/α-hetero) is 1. The molecule has 0 aliphatic heterocycles. The van der Waals surface area contributed by atoms with E-state index >= 15 is 0 Å². The topological polar surface area (TPSA) is 37.3 Å². The fourth-order valence-electron chi connectivity index (χ4n) is 1.19. The summed E-state index contributed by atoms with van der Waals surface area (Å²) in [6, 6.07) is 2.98. The molecule has 0 spiro atoms. The number of carbonyl (C=O) groups excluding carboxylic acids is 1. The molecule has 0 radical (unpaired) electrons. The van der Waals surface area contributed by atoms with Crippen molar-refractivity contribution in [1.82, 2.24) is 0 Å². The van der Waals surface area contributed by atoms with E-state index in [9.17, 15) is 14.3 Å². The summed E-state index contributed by atoms with van der Waals surface area (Å²) in [7, 11) is 0. The van der Waals surface area contributed by atoms with Gasteiger partial charge in [-0.15, -0.1) is 0 Å². The number of phenolic OH excluding ortho intramolecular Hbond substituents is 1. The predicted molar refractivity (Wildman–Crippen MR) is 47.9 cm³/mol. The summed E-state index contributed by atoms with van der Waals surface area (Å²) in [4.78, 5) is 11.0. The Bertz CT molecular complexity index is 322. The van der Waals surface area contributed by atoms with Gasteiger partial charge in [0, 0.05) is 5.56 Å². The quantitative estimate of drug-likeness (QED) is 0.711. The number of phenols is 1. The molecule has 0 atom stereocenters. The van der Waals surface area contributed by atoms with Crippen molar-refractivity contribution in [3.05, 3.63) is 28.8 Å². The van der Waals surface area contributed by atoms with E-state index in [1.165, 1.54) is 12.1 Å². The standard InChI is InChI=1S/C10H11FO2/c1-6-3-8(9(12)5-11)4-7(2)10(6)13/h3-4,13H,5H2,1-2H3. The first-order valence-corrected chi connectivity index (χ1v) is 3.95. The van der Waals surface area contributed by atoms with E-state index in [4.69, 9.17) is 0 Å². The van der Waals surface area contributed by atoms with E-state index in [0.29, 0.717) is 16.7 Å². The SMILES string of the molecule is Cc1cc(C(=O)CF)cc(C)c1O. The normalized spacial score (nSPS) is 10.1. The van der Waals surface area contributed by atoms with Gasteiger partial charge in [-0.1, -0.05) is 0 Å². The van der Waals surface area contributed by atoms with Crippen molar-refractivity contribution >= 4 is 5.78 Å². The van der Waals surface area contributed by atoms with Crippen molar-refractivity contribution in [2.45, 2.75) is 13.8 Å². The summed E-state index contributed by atoms with van der Waals surface area (Å²) in [5, 5.41) is 9.38. The van der Waals surface area contributed by atoms with Gasteiger partial charge in [0.2, 0.25) is 0 Å². The largest absolute Gasteiger partial charge is 0.507 e. The number of aryl methyl sites for hydroxylation is 2. The third kappa shape index (κ3) is 1.86. The number of carbonyl (C=O) groups is 1. The third-order valence-electron chi connectivity index (χ3n) is 1.93.